The van der Waals surface area contributed by atoms with Crippen LogP contribution in [0.4, 0.5) is 0 Å². The van der Waals surface area contributed by atoms with E-state index in [1.807, 2.05) is 19.9 Å². The Balaban J connectivity index is 2.06. The lowest BCUT2D eigenvalue weighted by atomic mass is 10.2. The van der Waals surface area contributed by atoms with E-state index >= 15 is 0 Å². The van der Waals surface area contributed by atoms with Crippen molar-refractivity contribution < 1.29 is 9.21 Å². The fourth-order valence-corrected chi connectivity index (χ4v) is 1.30. The highest BCUT2D eigenvalue weighted by molar-refractivity contribution is 6.28. The molecule has 0 aliphatic heterocycles. The first-order chi connectivity index (χ1) is 7.59. The van der Waals surface area contributed by atoms with Crippen LogP contribution in [0.2, 0.25) is 5.22 Å². The minimum atomic E-state index is 0.0314. The summed E-state index contributed by atoms with van der Waals surface area (Å²) < 4.78 is 5.16. The summed E-state index contributed by atoms with van der Waals surface area (Å²) >= 11 is 5.63. The van der Waals surface area contributed by atoms with Gasteiger partial charge in [-0.15, -0.1) is 0 Å². The van der Waals surface area contributed by atoms with Crippen molar-refractivity contribution in [1.29, 1.82) is 0 Å². The molecule has 1 amide bonds. The molecule has 0 saturated carbocycles. The fourth-order valence-electron chi connectivity index (χ4n) is 1.14. The van der Waals surface area contributed by atoms with Gasteiger partial charge in [0.1, 0.15) is 5.76 Å². The zero-order chi connectivity index (χ0) is 12.0. The molecule has 1 rings (SSSR count). The molecule has 0 spiro atoms. The Labute approximate surface area is 100 Å². The maximum absolute atomic E-state index is 11.2. The molecule has 1 aromatic rings. The Kier molecular flexibility index (Phi) is 5.35. The number of hydrogen-bond donors (Lipinski definition) is 2. The van der Waals surface area contributed by atoms with E-state index in [0.29, 0.717) is 24.9 Å². The molecule has 1 aromatic heterocycles. The van der Waals surface area contributed by atoms with Crippen LogP contribution in [-0.4, -0.2) is 19.0 Å². The Hall–Kier alpha value is -1.00. The van der Waals surface area contributed by atoms with Gasteiger partial charge >= 0.3 is 0 Å². The van der Waals surface area contributed by atoms with Gasteiger partial charge < -0.3 is 15.1 Å². The predicted molar refractivity (Wildman–Crippen MR) is 63.3 cm³/mol. The van der Waals surface area contributed by atoms with Crippen molar-refractivity contribution in [3.8, 4) is 0 Å². The van der Waals surface area contributed by atoms with Crippen LogP contribution in [0.1, 0.15) is 19.6 Å². The van der Waals surface area contributed by atoms with Gasteiger partial charge in [-0.25, -0.2) is 0 Å². The second-order valence-corrected chi connectivity index (χ2v) is 4.20. The molecule has 90 valence electrons. The number of carbonyl (C=O) groups excluding carboxylic acids is 1. The number of halogens is 1. The first kappa shape index (κ1) is 13.1. The number of carbonyl (C=O) groups is 1. The second-order valence-electron chi connectivity index (χ2n) is 3.83. The fraction of sp³-hybridized carbons (Fsp3) is 0.545. The molecule has 16 heavy (non-hydrogen) atoms. The van der Waals surface area contributed by atoms with E-state index in [4.69, 9.17) is 16.0 Å². The largest absolute Gasteiger partial charge is 0.448 e. The number of hydrogen-bond acceptors (Lipinski definition) is 3. The number of furan rings is 1. The minimum Gasteiger partial charge on any atom is -0.448 e. The van der Waals surface area contributed by atoms with Gasteiger partial charge in [0, 0.05) is 19.0 Å². The number of amides is 1. The molecule has 0 aromatic carbocycles. The minimum absolute atomic E-state index is 0.0314. The molecule has 0 fully saturated rings. The SMILES string of the molecule is CC(C)C(=O)NCCNCc1ccc(Cl)o1. The lowest BCUT2D eigenvalue weighted by molar-refractivity contribution is -0.123. The van der Waals surface area contributed by atoms with Crippen LogP contribution in [-0.2, 0) is 11.3 Å². The normalized spacial score (nSPS) is 10.8. The molecular formula is C11H17ClN2O2. The summed E-state index contributed by atoms with van der Waals surface area (Å²) in [6.07, 6.45) is 0. The summed E-state index contributed by atoms with van der Waals surface area (Å²) in [6.45, 7) is 5.67. The summed E-state index contributed by atoms with van der Waals surface area (Å²) in [5.41, 5.74) is 0. The summed E-state index contributed by atoms with van der Waals surface area (Å²) in [6, 6.07) is 3.53. The van der Waals surface area contributed by atoms with Gasteiger partial charge in [0.15, 0.2) is 5.22 Å². The average Bonchev–Trinajstić information content (AvgIpc) is 2.63. The summed E-state index contributed by atoms with van der Waals surface area (Å²) in [5, 5.41) is 6.35. The third-order valence-electron chi connectivity index (χ3n) is 2.05. The van der Waals surface area contributed by atoms with Crippen LogP contribution < -0.4 is 10.6 Å². The van der Waals surface area contributed by atoms with E-state index in [1.54, 1.807) is 6.07 Å². The standard InChI is InChI=1S/C11H17ClN2O2/c1-8(2)11(15)14-6-5-13-7-9-3-4-10(12)16-9/h3-4,8,13H,5-7H2,1-2H3,(H,14,15). The van der Waals surface area contributed by atoms with Gasteiger partial charge in [-0.2, -0.15) is 0 Å². The second kappa shape index (κ2) is 6.55. The van der Waals surface area contributed by atoms with Gasteiger partial charge in [0.05, 0.1) is 6.54 Å². The zero-order valence-electron chi connectivity index (χ0n) is 9.55. The van der Waals surface area contributed by atoms with E-state index in [2.05, 4.69) is 10.6 Å². The van der Waals surface area contributed by atoms with E-state index < -0.39 is 0 Å². The highest BCUT2D eigenvalue weighted by Crippen LogP contribution is 2.12. The van der Waals surface area contributed by atoms with Crippen LogP contribution in [0.15, 0.2) is 16.5 Å². The summed E-state index contributed by atoms with van der Waals surface area (Å²) in [7, 11) is 0. The molecule has 0 aliphatic carbocycles. The van der Waals surface area contributed by atoms with Crippen molar-refractivity contribution in [1.82, 2.24) is 10.6 Å². The quantitative estimate of drug-likeness (QED) is 0.751. The molecule has 0 unspecified atom stereocenters. The van der Waals surface area contributed by atoms with Gasteiger partial charge in [0.25, 0.3) is 0 Å². The smallest absolute Gasteiger partial charge is 0.222 e. The third kappa shape index (κ3) is 4.68. The lowest BCUT2D eigenvalue weighted by Gasteiger charge is -2.07. The average molecular weight is 245 g/mol. The van der Waals surface area contributed by atoms with E-state index in [-0.39, 0.29) is 11.8 Å². The van der Waals surface area contributed by atoms with E-state index in [1.165, 1.54) is 0 Å². The van der Waals surface area contributed by atoms with Crippen molar-refractivity contribution in [3.05, 3.63) is 23.1 Å². The van der Waals surface area contributed by atoms with Gasteiger partial charge in [-0.3, -0.25) is 4.79 Å². The highest BCUT2D eigenvalue weighted by atomic mass is 35.5. The maximum Gasteiger partial charge on any atom is 0.222 e. The molecule has 1 heterocycles. The van der Waals surface area contributed by atoms with Crippen molar-refractivity contribution in [2.24, 2.45) is 5.92 Å². The Morgan fingerprint density at radius 1 is 1.44 bits per heavy atom. The van der Waals surface area contributed by atoms with Gasteiger partial charge in [-0.05, 0) is 23.7 Å². The van der Waals surface area contributed by atoms with Crippen molar-refractivity contribution in [2.75, 3.05) is 13.1 Å². The van der Waals surface area contributed by atoms with E-state index in [0.717, 1.165) is 5.76 Å². The maximum atomic E-state index is 11.2. The molecule has 0 radical (unpaired) electrons. The molecule has 2 N–H and O–H groups in total. The van der Waals surface area contributed by atoms with Crippen molar-refractivity contribution >= 4 is 17.5 Å². The van der Waals surface area contributed by atoms with Crippen molar-refractivity contribution in [3.63, 3.8) is 0 Å². The zero-order valence-corrected chi connectivity index (χ0v) is 10.3. The van der Waals surface area contributed by atoms with Crippen LogP contribution in [0, 0.1) is 5.92 Å². The van der Waals surface area contributed by atoms with Crippen LogP contribution in [0.3, 0.4) is 0 Å². The number of rotatable bonds is 6. The molecular weight excluding hydrogens is 228 g/mol. The molecule has 4 nitrogen and oxygen atoms in total. The van der Waals surface area contributed by atoms with Gasteiger partial charge in [0.2, 0.25) is 5.91 Å². The molecule has 0 atom stereocenters. The topological polar surface area (TPSA) is 54.3 Å². The third-order valence-corrected chi connectivity index (χ3v) is 2.26. The summed E-state index contributed by atoms with van der Waals surface area (Å²) in [4.78, 5) is 11.2. The Bertz CT molecular complexity index is 336. The molecule has 5 heteroatoms. The number of nitrogens with one attached hydrogen (secondary N) is 2. The lowest BCUT2D eigenvalue weighted by Crippen LogP contribution is -2.34. The Morgan fingerprint density at radius 3 is 2.75 bits per heavy atom. The van der Waals surface area contributed by atoms with Crippen LogP contribution >= 0.6 is 11.6 Å². The van der Waals surface area contributed by atoms with Crippen LogP contribution in [0.5, 0.6) is 0 Å². The first-order valence-corrected chi connectivity index (χ1v) is 5.70. The predicted octanol–water partition coefficient (Wildman–Crippen LogP) is 1.79. The molecule has 0 saturated heterocycles. The first-order valence-electron chi connectivity index (χ1n) is 5.32. The van der Waals surface area contributed by atoms with Crippen LogP contribution in [0.25, 0.3) is 0 Å². The van der Waals surface area contributed by atoms with Gasteiger partial charge in [-0.1, -0.05) is 13.8 Å². The molecule has 0 bridgehead atoms. The highest BCUT2D eigenvalue weighted by Gasteiger charge is 2.04. The van der Waals surface area contributed by atoms with E-state index in [9.17, 15) is 4.79 Å². The monoisotopic (exact) mass is 244 g/mol. The molecule has 0 aliphatic rings. The van der Waals surface area contributed by atoms with Crippen molar-refractivity contribution in [2.45, 2.75) is 20.4 Å². The summed E-state index contributed by atoms with van der Waals surface area (Å²) in [5.74, 6) is 0.895. The Morgan fingerprint density at radius 2 is 2.19 bits per heavy atom.